The Labute approximate surface area is 120 Å². The van der Waals surface area contributed by atoms with E-state index in [1.807, 2.05) is 14.1 Å². The van der Waals surface area contributed by atoms with Gasteiger partial charge >= 0.3 is 0 Å². The summed E-state index contributed by atoms with van der Waals surface area (Å²) in [5.41, 5.74) is 2.08. The smallest absolute Gasteiger partial charge is 0.237 e. The molecule has 0 aliphatic carbocycles. The predicted molar refractivity (Wildman–Crippen MR) is 78.2 cm³/mol. The molecule has 2 atom stereocenters. The first-order valence-electron chi connectivity index (χ1n) is 7.17. The molecule has 0 saturated heterocycles. The molecule has 0 spiro atoms. The van der Waals surface area contributed by atoms with Crippen LogP contribution in [0.15, 0.2) is 6.33 Å². The molecule has 0 aromatic carbocycles. The Balaban J connectivity index is 1.87. The summed E-state index contributed by atoms with van der Waals surface area (Å²) in [6, 6.07) is 0.171. The van der Waals surface area contributed by atoms with Gasteiger partial charge in [-0.15, -0.1) is 0 Å². The summed E-state index contributed by atoms with van der Waals surface area (Å²) in [6.07, 6.45) is 2.34. The molecule has 1 aliphatic rings. The number of rotatable bonds is 5. The number of amides is 1. The van der Waals surface area contributed by atoms with Crippen molar-refractivity contribution < 1.29 is 4.79 Å². The van der Waals surface area contributed by atoms with Gasteiger partial charge in [-0.1, -0.05) is 13.8 Å². The number of H-pyrrole nitrogens is 1. The van der Waals surface area contributed by atoms with Crippen LogP contribution in [0, 0.1) is 5.92 Å². The van der Waals surface area contributed by atoms with Crippen molar-refractivity contribution in [2.45, 2.75) is 38.9 Å². The Morgan fingerprint density at radius 3 is 2.95 bits per heavy atom. The van der Waals surface area contributed by atoms with Crippen molar-refractivity contribution in [3.63, 3.8) is 0 Å². The molecule has 2 unspecified atom stereocenters. The molecule has 20 heavy (non-hydrogen) atoms. The van der Waals surface area contributed by atoms with Gasteiger partial charge in [0.2, 0.25) is 5.91 Å². The normalized spacial score (nSPS) is 20.0. The van der Waals surface area contributed by atoms with Gasteiger partial charge in [0, 0.05) is 25.6 Å². The number of likely N-dealkylation sites (N-methyl/N-ethyl adjacent to an activating group) is 1. The molecule has 0 radical (unpaired) electrons. The van der Waals surface area contributed by atoms with Crippen LogP contribution in [0.5, 0.6) is 0 Å². The maximum Gasteiger partial charge on any atom is 0.237 e. The quantitative estimate of drug-likeness (QED) is 0.716. The maximum absolute atomic E-state index is 12.2. The van der Waals surface area contributed by atoms with E-state index in [1.54, 1.807) is 6.33 Å². The van der Waals surface area contributed by atoms with Crippen LogP contribution in [0.25, 0.3) is 0 Å². The van der Waals surface area contributed by atoms with E-state index >= 15 is 0 Å². The molecule has 0 bridgehead atoms. The third kappa shape index (κ3) is 3.37. The van der Waals surface area contributed by atoms with Crippen molar-refractivity contribution in [2.24, 2.45) is 5.92 Å². The summed E-state index contributed by atoms with van der Waals surface area (Å²) in [6.45, 7) is 5.70. The molecule has 1 aliphatic heterocycles. The second-order valence-electron chi connectivity index (χ2n) is 5.99. The standard InChI is InChI=1S/C14H25N5O/c1-9(2)13(19(3)4)7-16-14(20)11-5-10-12(6-15-11)18-8-17-10/h8-9,11,13,15H,5-7H2,1-4H3,(H,16,20)(H,17,18). The number of aromatic nitrogens is 2. The summed E-state index contributed by atoms with van der Waals surface area (Å²) >= 11 is 0. The van der Waals surface area contributed by atoms with E-state index in [2.05, 4.69) is 39.3 Å². The Hall–Kier alpha value is -1.40. The van der Waals surface area contributed by atoms with Gasteiger partial charge in [0.1, 0.15) is 0 Å². The molecule has 6 heteroatoms. The first-order valence-corrected chi connectivity index (χ1v) is 7.17. The molecule has 1 aromatic heterocycles. The van der Waals surface area contributed by atoms with Gasteiger partial charge in [0.05, 0.1) is 23.8 Å². The van der Waals surface area contributed by atoms with Crippen molar-refractivity contribution in [2.75, 3.05) is 20.6 Å². The SMILES string of the molecule is CC(C)C(CNC(=O)C1Cc2nc[nH]c2CN1)N(C)C. The first-order chi connectivity index (χ1) is 9.49. The van der Waals surface area contributed by atoms with E-state index in [0.29, 0.717) is 31.5 Å². The Morgan fingerprint density at radius 2 is 2.30 bits per heavy atom. The van der Waals surface area contributed by atoms with E-state index < -0.39 is 0 Å². The first kappa shape index (κ1) is 15.0. The van der Waals surface area contributed by atoms with E-state index in [1.165, 1.54) is 0 Å². The van der Waals surface area contributed by atoms with Crippen LogP contribution in [0.3, 0.4) is 0 Å². The predicted octanol–water partition coefficient (Wildman–Crippen LogP) is 0.126. The number of imidazole rings is 1. The molecule has 3 N–H and O–H groups in total. The number of nitrogens with one attached hydrogen (secondary N) is 3. The fourth-order valence-electron chi connectivity index (χ4n) is 2.70. The minimum Gasteiger partial charge on any atom is -0.353 e. The summed E-state index contributed by atoms with van der Waals surface area (Å²) in [7, 11) is 4.09. The minimum atomic E-state index is -0.180. The molecule has 0 fully saturated rings. The van der Waals surface area contributed by atoms with Crippen LogP contribution in [0.1, 0.15) is 25.2 Å². The topological polar surface area (TPSA) is 73.0 Å². The molecule has 112 valence electrons. The molecule has 2 heterocycles. The lowest BCUT2D eigenvalue weighted by Crippen LogP contribution is -2.51. The van der Waals surface area contributed by atoms with Gasteiger partial charge in [-0.2, -0.15) is 0 Å². The van der Waals surface area contributed by atoms with Crippen LogP contribution in [-0.4, -0.2) is 53.5 Å². The largest absolute Gasteiger partial charge is 0.353 e. The average Bonchev–Trinajstić information content (AvgIpc) is 2.84. The Morgan fingerprint density at radius 1 is 1.55 bits per heavy atom. The van der Waals surface area contributed by atoms with Crippen LogP contribution < -0.4 is 10.6 Å². The zero-order valence-corrected chi connectivity index (χ0v) is 12.7. The molecular formula is C14H25N5O. The van der Waals surface area contributed by atoms with E-state index in [-0.39, 0.29) is 11.9 Å². The Bertz CT molecular complexity index is 446. The second kappa shape index (κ2) is 6.37. The van der Waals surface area contributed by atoms with Crippen molar-refractivity contribution in [3.05, 3.63) is 17.7 Å². The number of hydrogen-bond acceptors (Lipinski definition) is 4. The maximum atomic E-state index is 12.2. The van der Waals surface area contributed by atoms with Crippen molar-refractivity contribution in [1.82, 2.24) is 25.5 Å². The highest BCUT2D eigenvalue weighted by molar-refractivity contribution is 5.82. The second-order valence-corrected chi connectivity index (χ2v) is 5.99. The van der Waals surface area contributed by atoms with Crippen LogP contribution >= 0.6 is 0 Å². The highest BCUT2D eigenvalue weighted by Crippen LogP contribution is 2.12. The van der Waals surface area contributed by atoms with Crippen LogP contribution in [0.2, 0.25) is 0 Å². The zero-order valence-electron chi connectivity index (χ0n) is 12.7. The zero-order chi connectivity index (χ0) is 14.7. The van der Waals surface area contributed by atoms with Crippen LogP contribution in [-0.2, 0) is 17.8 Å². The van der Waals surface area contributed by atoms with Gasteiger partial charge in [0.15, 0.2) is 0 Å². The lowest BCUT2D eigenvalue weighted by molar-refractivity contribution is -0.123. The lowest BCUT2D eigenvalue weighted by atomic mass is 10.0. The summed E-state index contributed by atoms with van der Waals surface area (Å²) < 4.78 is 0. The summed E-state index contributed by atoms with van der Waals surface area (Å²) in [5, 5.41) is 6.30. The highest BCUT2D eigenvalue weighted by atomic mass is 16.2. The van der Waals surface area contributed by atoms with Crippen molar-refractivity contribution >= 4 is 5.91 Å². The molecule has 2 rings (SSSR count). The molecule has 1 aromatic rings. The van der Waals surface area contributed by atoms with E-state index in [0.717, 1.165) is 11.4 Å². The van der Waals surface area contributed by atoms with Gasteiger partial charge in [-0.05, 0) is 20.0 Å². The monoisotopic (exact) mass is 279 g/mol. The number of nitrogens with zero attached hydrogens (tertiary/aromatic N) is 2. The fourth-order valence-corrected chi connectivity index (χ4v) is 2.70. The van der Waals surface area contributed by atoms with Gasteiger partial charge in [-0.3, -0.25) is 10.1 Å². The number of aromatic amines is 1. The average molecular weight is 279 g/mol. The summed E-state index contributed by atoms with van der Waals surface area (Å²) in [5.74, 6) is 0.564. The number of fused-ring (bicyclic) bond motifs is 1. The number of carbonyl (C=O) groups is 1. The van der Waals surface area contributed by atoms with Gasteiger partial charge in [0.25, 0.3) is 0 Å². The highest BCUT2D eigenvalue weighted by Gasteiger charge is 2.26. The molecule has 1 amide bonds. The fraction of sp³-hybridized carbons (Fsp3) is 0.714. The lowest BCUT2D eigenvalue weighted by Gasteiger charge is -2.29. The van der Waals surface area contributed by atoms with E-state index in [9.17, 15) is 4.79 Å². The van der Waals surface area contributed by atoms with E-state index in [4.69, 9.17) is 0 Å². The van der Waals surface area contributed by atoms with Gasteiger partial charge in [-0.25, -0.2) is 4.98 Å². The summed E-state index contributed by atoms with van der Waals surface area (Å²) in [4.78, 5) is 21.7. The Kier molecular flexibility index (Phi) is 4.77. The minimum absolute atomic E-state index is 0.0613. The van der Waals surface area contributed by atoms with Crippen molar-refractivity contribution in [1.29, 1.82) is 0 Å². The third-order valence-corrected chi connectivity index (χ3v) is 3.96. The number of carbonyl (C=O) groups excluding carboxylic acids is 1. The van der Waals surface area contributed by atoms with Crippen LogP contribution in [0.4, 0.5) is 0 Å². The molecule has 0 saturated carbocycles. The molecule has 6 nitrogen and oxygen atoms in total. The van der Waals surface area contributed by atoms with Crippen molar-refractivity contribution in [3.8, 4) is 0 Å². The van der Waals surface area contributed by atoms with Gasteiger partial charge < -0.3 is 15.2 Å². The molecular weight excluding hydrogens is 254 g/mol. The number of hydrogen-bond donors (Lipinski definition) is 3. The third-order valence-electron chi connectivity index (χ3n) is 3.96.